The number of nitrogens with one attached hydrogen (secondary N) is 2. The summed E-state index contributed by atoms with van der Waals surface area (Å²) in [4.78, 5) is 14.9. The smallest absolute Gasteiger partial charge is 0.410 e. The minimum Gasteiger partial charge on any atom is -0.410 e. The van der Waals surface area contributed by atoms with E-state index in [1.807, 2.05) is 42.5 Å². The number of hydrogen-bond acceptors (Lipinski definition) is 2. The highest BCUT2D eigenvalue weighted by Gasteiger charge is 2.08. The van der Waals surface area contributed by atoms with Crippen LogP contribution in [0.15, 0.2) is 60.8 Å². The van der Waals surface area contributed by atoms with Crippen molar-refractivity contribution in [2.45, 2.75) is 0 Å². The molecule has 0 radical (unpaired) electrons. The van der Waals surface area contributed by atoms with Crippen molar-refractivity contribution in [3.05, 3.63) is 60.8 Å². The van der Waals surface area contributed by atoms with E-state index in [1.54, 1.807) is 18.3 Å². The van der Waals surface area contributed by atoms with Crippen LogP contribution in [0.3, 0.4) is 0 Å². The third-order valence-corrected chi connectivity index (χ3v) is 2.78. The van der Waals surface area contributed by atoms with Gasteiger partial charge in [-0.2, -0.15) is 0 Å². The number of hydrogen-bond donors (Lipinski definition) is 2. The van der Waals surface area contributed by atoms with E-state index in [9.17, 15) is 4.79 Å². The number of para-hydroxylation sites is 2. The zero-order valence-corrected chi connectivity index (χ0v) is 10.1. The van der Waals surface area contributed by atoms with Crippen LogP contribution in [0.25, 0.3) is 10.9 Å². The largest absolute Gasteiger partial charge is 0.417 e. The summed E-state index contributed by atoms with van der Waals surface area (Å²) in [5.74, 6) is 0.514. The van der Waals surface area contributed by atoms with Crippen molar-refractivity contribution in [3.63, 3.8) is 0 Å². The molecule has 0 aliphatic rings. The van der Waals surface area contributed by atoms with E-state index in [0.717, 1.165) is 10.9 Å². The topological polar surface area (TPSA) is 54.1 Å². The molecular weight excluding hydrogens is 240 g/mol. The standard InChI is InChI=1S/C15H12N2O2/c18-15(19-11-6-2-1-3-7-11)17-14-10-16-13-9-5-4-8-12(13)14/h1-10,16H,(H,17,18). The number of amides is 1. The number of H-pyrrole nitrogens is 1. The molecule has 0 fully saturated rings. The molecule has 0 unspecified atom stereocenters. The Labute approximate surface area is 110 Å². The maximum absolute atomic E-state index is 11.8. The molecule has 19 heavy (non-hydrogen) atoms. The van der Waals surface area contributed by atoms with Gasteiger partial charge < -0.3 is 9.72 Å². The van der Waals surface area contributed by atoms with E-state index in [1.165, 1.54) is 0 Å². The number of rotatable bonds is 2. The molecular formula is C15H12N2O2. The molecule has 0 aliphatic carbocycles. The zero-order valence-electron chi connectivity index (χ0n) is 10.1. The summed E-state index contributed by atoms with van der Waals surface area (Å²) < 4.78 is 5.17. The van der Waals surface area contributed by atoms with Gasteiger partial charge in [-0.15, -0.1) is 0 Å². The fraction of sp³-hybridized carbons (Fsp3) is 0. The normalized spacial score (nSPS) is 10.3. The summed E-state index contributed by atoms with van der Waals surface area (Å²) in [5, 5.41) is 3.67. The van der Waals surface area contributed by atoms with Crippen LogP contribution in [-0.4, -0.2) is 11.1 Å². The summed E-state index contributed by atoms with van der Waals surface area (Å²) in [6, 6.07) is 16.7. The lowest BCUT2D eigenvalue weighted by Gasteiger charge is -2.05. The lowest BCUT2D eigenvalue weighted by molar-refractivity contribution is 0.215. The molecule has 94 valence electrons. The Hall–Kier alpha value is -2.75. The second kappa shape index (κ2) is 4.86. The van der Waals surface area contributed by atoms with Gasteiger partial charge in [0.2, 0.25) is 0 Å². The van der Waals surface area contributed by atoms with Crippen LogP contribution in [0.2, 0.25) is 0 Å². The molecule has 2 aromatic carbocycles. The number of carbonyl (C=O) groups excluding carboxylic acids is 1. The molecule has 3 aromatic rings. The van der Waals surface area contributed by atoms with Crippen LogP contribution >= 0.6 is 0 Å². The highest BCUT2D eigenvalue weighted by Crippen LogP contribution is 2.22. The van der Waals surface area contributed by atoms with Gasteiger partial charge in [0.1, 0.15) is 5.75 Å². The first-order valence-corrected chi connectivity index (χ1v) is 5.93. The van der Waals surface area contributed by atoms with E-state index in [0.29, 0.717) is 11.4 Å². The minimum absolute atomic E-state index is 0.504. The predicted octanol–water partition coefficient (Wildman–Crippen LogP) is 3.78. The van der Waals surface area contributed by atoms with Crippen molar-refractivity contribution in [1.82, 2.24) is 4.98 Å². The molecule has 2 N–H and O–H groups in total. The monoisotopic (exact) mass is 252 g/mol. The van der Waals surface area contributed by atoms with Gasteiger partial charge in [0.05, 0.1) is 5.69 Å². The summed E-state index contributed by atoms with van der Waals surface area (Å²) in [7, 11) is 0. The first kappa shape index (κ1) is 11.3. The molecule has 0 aliphatic heterocycles. The number of ether oxygens (including phenoxy) is 1. The molecule has 1 amide bonds. The van der Waals surface area contributed by atoms with Gasteiger partial charge in [-0.25, -0.2) is 4.79 Å². The quantitative estimate of drug-likeness (QED) is 0.729. The van der Waals surface area contributed by atoms with Gasteiger partial charge in [0.15, 0.2) is 0 Å². The molecule has 3 rings (SSSR count). The molecule has 0 bridgehead atoms. The Morgan fingerprint density at radius 1 is 1.00 bits per heavy atom. The fourth-order valence-electron chi connectivity index (χ4n) is 1.91. The Balaban J connectivity index is 1.76. The SMILES string of the molecule is O=C(Nc1c[nH]c2ccccc12)Oc1ccccc1. The van der Waals surface area contributed by atoms with Crippen LogP contribution in [0.5, 0.6) is 5.75 Å². The van der Waals surface area contributed by atoms with Gasteiger partial charge in [-0.3, -0.25) is 5.32 Å². The van der Waals surface area contributed by atoms with Crippen molar-refractivity contribution >= 4 is 22.7 Å². The van der Waals surface area contributed by atoms with E-state index < -0.39 is 6.09 Å². The number of carbonyl (C=O) groups is 1. The zero-order chi connectivity index (χ0) is 13.1. The molecule has 0 spiro atoms. The fourth-order valence-corrected chi connectivity index (χ4v) is 1.91. The van der Waals surface area contributed by atoms with E-state index >= 15 is 0 Å². The third kappa shape index (κ3) is 2.42. The molecule has 0 saturated carbocycles. The molecule has 0 atom stereocenters. The van der Waals surface area contributed by atoms with Gasteiger partial charge in [-0.1, -0.05) is 36.4 Å². The first-order chi connectivity index (χ1) is 9.33. The molecule has 1 aromatic heterocycles. The third-order valence-electron chi connectivity index (χ3n) is 2.78. The molecule has 4 heteroatoms. The Bertz CT molecular complexity index is 704. The van der Waals surface area contributed by atoms with E-state index in [4.69, 9.17) is 4.74 Å². The van der Waals surface area contributed by atoms with Crippen molar-refractivity contribution in [1.29, 1.82) is 0 Å². The number of anilines is 1. The van der Waals surface area contributed by atoms with Crippen LogP contribution < -0.4 is 10.1 Å². The summed E-state index contributed by atoms with van der Waals surface area (Å²) >= 11 is 0. The van der Waals surface area contributed by atoms with Crippen LogP contribution in [-0.2, 0) is 0 Å². The second-order valence-corrected chi connectivity index (χ2v) is 4.08. The average molecular weight is 252 g/mol. The number of aromatic amines is 1. The Morgan fingerprint density at radius 3 is 2.58 bits per heavy atom. The number of aromatic nitrogens is 1. The van der Waals surface area contributed by atoms with Crippen LogP contribution in [0, 0.1) is 0 Å². The van der Waals surface area contributed by atoms with E-state index in [2.05, 4.69) is 10.3 Å². The predicted molar refractivity (Wildman–Crippen MR) is 74.4 cm³/mol. The lowest BCUT2D eigenvalue weighted by Crippen LogP contribution is -2.16. The summed E-state index contributed by atoms with van der Waals surface area (Å²) in [6.07, 6.45) is 1.24. The van der Waals surface area contributed by atoms with Crippen molar-refractivity contribution in [2.24, 2.45) is 0 Å². The average Bonchev–Trinajstić information content (AvgIpc) is 2.83. The minimum atomic E-state index is -0.504. The summed E-state index contributed by atoms with van der Waals surface area (Å²) in [5.41, 5.74) is 1.68. The molecule has 4 nitrogen and oxygen atoms in total. The van der Waals surface area contributed by atoms with Crippen LogP contribution in [0.1, 0.15) is 0 Å². The number of fused-ring (bicyclic) bond motifs is 1. The van der Waals surface area contributed by atoms with Gasteiger partial charge in [0.25, 0.3) is 0 Å². The van der Waals surface area contributed by atoms with Crippen LogP contribution in [0.4, 0.5) is 10.5 Å². The maximum Gasteiger partial charge on any atom is 0.417 e. The van der Waals surface area contributed by atoms with Crippen molar-refractivity contribution in [3.8, 4) is 5.75 Å². The Kier molecular flexibility index (Phi) is 2.90. The molecule has 1 heterocycles. The summed E-state index contributed by atoms with van der Waals surface area (Å²) in [6.45, 7) is 0. The van der Waals surface area contributed by atoms with E-state index in [-0.39, 0.29) is 0 Å². The van der Waals surface area contributed by atoms with Crippen molar-refractivity contribution in [2.75, 3.05) is 5.32 Å². The second-order valence-electron chi connectivity index (χ2n) is 4.08. The van der Waals surface area contributed by atoms with Gasteiger partial charge in [0, 0.05) is 17.1 Å². The van der Waals surface area contributed by atoms with Gasteiger partial charge >= 0.3 is 6.09 Å². The highest BCUT2D eigenvalue weighted by molar-refractivity contribution is 5.99. The highest BCUT2D eigenvalue weighted by atomic mass is 16.6. The lowest BCUT2D eigenvalue weighted by atomic mass is 10.2. The number of benzene rings is 2. The maximum atomic E-state index is 11.8. The van der Waals surface area contributed by atoms with Gasteiger partial charge in [-0.05, 0) is 18.2 Å². The first-order valence-electron chi connectivity index (χ1n) is 5.93. The van der Waals surface area contributed by atoms with Crippen molar-refractivity contribution < 1.29 is 9.53 Å². The Morgan fingerprint density at radius 2 is 1.74 bits per heavy atom. The molecule has 0 saturated heterocycles.